The number of halogens is 3. The average molecular weight is 314 g/mol. The van der Waals surface area contributed by atoms with Crippen molar-refractivity contribution in [2.45, 2.75) is 32.5 Å². The summed E-state index contributed by atoms with van der Waals surface area (Å²) < 4.78 is 37.8. The minimum Gasteiger partial charge on any atom is -0.287 e. The molecule has 1 aromatic carbocycles. The number of non-ortho nitro benzene ring substituents is 1. The molecule has 1 aromatic rings. The molecule has 2 rings (SSSR count). The first-order valence-electron chi connectivity index (χ1n) is 6.57. The van der Waals surface area contributed by atoms with Crippen molar-refractivity contribution in [3.63, 3.8) is 0 Å². The molecule has 0 saturated carbocycles. The van der Waals surface area contributed by atoms with E-state index in [1.165, 1.54) is 18.2 Å². The number of nitrogens with zero attached hydrogens (tertiary/aromatic N) is 2. The Hall–Kier alpha value is -2.25. The quantitative estimate of drug-likeness (QED) is 0.635. The Balaban J connectivity index is 2.50. The molecule has 22 heavy (non-hydrogen) atoms. The second kappa shape index (κ2) is 5.51. The van der Waals surface area contributed by atoms with Crippen molar-refractivity contribution >= 4 is 17.2 Å². The molecule has 1 aliphatic rings. The topological polar surface area (TPSA) is 72.6 Å². The molecule has 1 aliphatic heterocycles. The third kappa shape index (κ3) is 3.00. The van der Waals surface area contributed by atoms with Gasteiger partial charge in [0.05, 0.1) is 4.92 Å². The molecule has 0 saturated heterocycles. The van der Waals surface area contributed by atoms with E-state index in [2.05, 4.69) is 4.99 Å². The van der Waals surface area contributed by atoms with Crippen LogP contribution in [0.15, 0.2) is 23.2 Å². The number of nitro benzene ring substituents is 1. The number of carbonyl (C=O) groups is 1. The van der Waals surface area contributed by atoms with Gasteiger partial charge < -0.3 is 0 Å². The fraction of sp³-hybridized carbons (Fsp3) is 0.429. The van der Waals surface area contributed by atoms with Gasteiger partial charge in [-0.25, -0.2) is 0 Å². The molecule has 0 aromatic heterocycles. The highest BCUT2D eigenvalue weighted by atomic mass is 19.4. The van der Waals surface area contributed by atoms with Gasteiger partial charge in [0.15, 0.2) is 0 Å². The molecule has 1 atom stereocenters. The van der Waals surface area contributed by atoms with E-state index in [0.717, 1.165) is 0 Å². The Morgan fingerprint density at radius 1 is 1.41 bits per heavy atom. The molecule has 8 heteroatoms. The smallest absolute Gasteiger partial charge is 0.287 e. The Labute approximate surface area is 124 Å². The summed E-state index contributed by atoms with van der Waals surface area (Å²) in [4.78, 5) is 25.6. The van der Waals surface area contributed by atoms with Gasteiger partial charge in [0.1, 0.15) is 6.04 Å². The second-order valence-electron chi connectivity index (χ2n) is 5.35. The summed E-state index contributed by atoms with van der Waals surface area (Å²) in [6, 6.07) is 2.38. The normalized spacial score (nSPS) is 17.9. The van der Waals surface area contributed by atoms with Gasteiger partial charge in [0.2, 0.25) is 0 Å². The van der Waals surface area contributed by atoms with Crippen LogP contribution in [0.3, 0.4) is 0 Å². The van der Waals surface area contributed by atoms with Crippen molar-refractivity contribution < 1.29 is 22.9 Å². The molecule has 0 radical (unpaired) electrons. The number of nitro groups is 1. The zero-order valence-electron chi connectivity index (χ0n) is 11.8. The number of rotatable bonds is 3. The number of ketones is 1. The molecule has 1 heterocycles. The van der Waals surface area contributed by atoms with Gasteiger partial charge in [-0.15, -0.1) is 0 Å². The number of fused-ring (bicyclic) bond motifs is 1. The Morgan fingerprint density at radius 2 is 2.05 bits per heavy atom. The van der Waals surface area contributed by atoms with Gasteiger partial charge in [-0.2, -0.15) is 13.2 Å². The van der Waals surface area contributed by atoms with Crippen LogP contribution in [0.5, 0.6) is 0 Å². The summed E-state index contributed by atoms with van der Waals surface area (Å²) in [5.41, 5.74) is 1.03. The van der Waals surface area contributed by atoms with Gasteiger partial charge in [-0.3, -0.25) is 19.9 Å². The number of hydrogen-bond donors (Lipinski definition) is 0. The molecule has 1 unspecified atom stereocenters. The molecule has 0 fully saturated rings. The van der Waals surface area contributed by atoms with Crippen molar-refractivity contribution in [3.8, 4) is 0 Å². The lowest BCUT2D eigenvalue weighted by molar-refractivity contribution is -0.384. The van der Waals surface area contributed by atoms with Crippen LogP contribution in [0.2, 0.25) is 0 Å². The number of aliphatic imine (C=N–C) groups is 1. The van der Waals surface area contributed by atoms with Crippen LogP contribution in [0, 0.1) is 16.0 Å². The lowest BCUT2D eigenvalue weighted by Gasteiger charge is -2.25. The van der Waals surface area contributed by atoms with E-state index >= 15 is 0 Å². The summed E-state index contributed by atoms with van der Waals surface area (Å²) in [5.74, 6) is -2.15. The van der Waals surface area contributed by atoms with Crippen molar-refractivity contribution in [1.29, 1.82) is 0 Å². The SMILES string of the molecule is CC(C)C1=NC(C(=O)C(F)(F)F)Cc2ccc([N+](=O)[O-])cc21. The number of hydrogen-bond acceptors (Lipinski definition) is 4. The van der Waals surface area contributed by atoms with Gasteiger partial charge >= 0.3 is 6.18 Å². The van der Waals surface area contributed by atoms with Gasteiger partial charge in [-0.05, 0) is 11.5 Å². The average Bonchev–Trinajstić information content (AvgIpc) is 2.43. The van der Waals surface area contributed by atoms with E-state index in [-0.39, 0.29) is 23.7 Å². The van der Waals surface area contributed by atoms with Crippen LogP contribution >= 0.6 is 0 Å². The number of benzene rings is 1. The van der Waals surface area contributed by atoms with E-state index in [9.17, 15) is 28.1 Å². The summed E-state index contributed by atoms with van der Waals surface area (Å²) in [6.07, 6.45) is -5.16. The molecule has 118 valence electrons. The lowest BCUT2D eigenvalue weighted by Crippen LogP contribution is -2.38. The summed E-state index contributed by atoms with van der Waals surface area (Å²) in [7, 11) is 0. The Morgan fingerprint density at radius 3 is 2.55 bits per heavy atom. The van der Waals surface area contributed by atoms with Gasteiger partial charge in [0.25, 0.3) is 11.5 Å². The molecular formula is C14H13F3N2O3. The molecule has 0 amide bonds. The second-order valence-corrected chi connectivity index (χ2v) is 5.35. The van der Waals surface area contributed by atoms with E-state index < -0.39 is 22.9 Å². The first-order valence-corrected chi connectivity index (χ1v) is 6.57. The van der Waals surface area contributed by atoms with Crippen LogP contribution in [-0.4, -0.2) is 28.6 Å². The maximum atomic E-state index is 12.6. The van der Waals surface area contributed by atoms with Crippen LogP contribution in [0.4, 0.5) is 18.9 Å². The standard InChI is InChI=1S/C14H13F3N2O3/c1-7(2)12-10-6-9(19(21)22)4-3-8(10)5-11(18-12)13(20)14(15,16)17/h3-4,6-7,11H,5H2,1-2H3. The van der Waals surface area contributed by atoms with Crippen LogP contribution < -0.4 is 0 Å². The van der Waals surface area contributed by atoms with E-state index in [0.29, 0.717) is 11.1 Å². The molecule has 0 spiro atoms. The van der Waals surface area contributed by atoms with Crippen molar-refractivity contribution in [2.75, 3.05) is 0 Å². The van der Waals surface area contributed by atoms with E-state index in [4.69, 9.17) is 0 Å². The summed E-state index contributed by atoms with van der Waals surface area (Å²) in [5, 5.41) is 10.8. The maximum Gasteiger partial charge on any atom is 0.452 e. The molecule has 5 nitrogen and oxygen atoms in total. The minimum absolute atomic E-state index is 0.160. The highest BCUT2D eigenvalue weighted by Crippen LogP contribution is 2.30. The molecule has 0 bridgehead atoms. The number of carbonyl (C=O) groups excluding carboxylic acids is 1. The number of alkyl halides is 3. The minimum atomic E-state index is -4.95. The van der Waals surface area contributed by atoms with E-state index in [1.807, 2.05) is 0 Å². The predicted molar refractivity (Wildman–Crippen MR) is 73.0 cm³/mol. The van der Waals surface area contributed by atoms with E-state index in [1.54, 1.807) is 13.8 Å². The Bertz CT molecular complexity index is 666. The molecular weight excluding hydrogens is 301 g/mol. The van der Waals surface area contributed by atoms with Crippen LogP contribution in [-0.2, 0) is 11.2 Å². The zero-order chi connectivity index (χ0) is 16.7. The monoisotopic (exact) mass is 314 g/mol. The first-order chi connectivity index (χ1) is 10.1. The first kappa shape index (κ1) is 16.1. The van der Waals surface area contributed by atoms with Gasteiger partial charge in [0, 0.05) is 29.8 Å². The Kier molecular flexibility index (Phi) is 4.04. The summed E-state index contributed by atoms with van der Waals surface area (Å²) in [6.45, 7) is 3.42. The maximum absolute atomic E-state index is 12.6. The highest BCUT2D eigenvalue weighted by Gasteiger charge is 2.44. The largest absolute Gasteiger partial charge is 0.452 e. The van der Waals surface area contributed by atoms with Crippen molar-refractivity contribution in [2.24, 2.45) is 10.9 Å². The predicted octanol–water partition coefficient (Wildman–Crippen LogP) is 3.10. The van der Waals surface area contributed by atoms with Crippen molar-refractivity contribution in [1.82, 2.24) is 0 Å². The highest BCUT2D eigenvalue weighted by molar-refractivity contribution is 6.06. The third-order valence-electron chi connectivity index (χ3n) is 3.42. The third-order valence-corrected chi connectivity index (χ3v) is 3.42. The molecule has 0 N–H and O–H groups in total. The van der Waals surface area contributed by atoms with Crippen LogP contribution in [0.1, 0.15) is 25.0 Å². The van der Waals surface area contributed by atoms with Crippen LogP contribution in [0.25, 0.3) is 0 Å². The zero-order valence-corrected chi connectivity index (χ0v) is 11.8. The van der Waals surface area contributed by atoms with Crippen molar-refractivity contribution in [3.05, 3.63) is 39.4 Å². The fourth-order valence-electron chi connectivity index (χ4n) is 2.39. The number of Topliss-reactive ketones (excluding diaryl/α,β-unsaturated/α-hetero) is 1. The lowest BCUT2D eigenvalue weighted by atomic mass is 9.87. The van der Waals surface area contributed by atoms with Gasteiger partial charge in [-0.1, -0.05) is 19.9 Å². The molecule has 0 aliphatic carbocycles. The summed E-state index contributed by atoms with van der Waals surface area (Å²) >= 11 is 0. The fourth-order valence-corrected chi connectivity index (χ4v) is 2.39.